The first-order valence-corrected chi connectivity index (χ1v) is 26.4. The molecule has 0 saturated carbocycles. The first kappa shape index (κ1) is 58.8. The van der Waals surface area contributed by atoms with Crippen molar-refractivity contribution < 1.29 is 24.5 Å². The minimum absolute atomic E-state index is 0.0540. The summed E-state index contributed by atoms with van der Waals surface area (Å²) in [6.07, 6.45) is 58.8. The number of nitrogens with one attached hydrogen (secondary N) is 1. The van der Waals surface area contributed by atoms with Gasteiger partial charge < -0.3 is 20.3 Å². The van der Waals surface area contributed by atoms with Crippen molar-refractivity contribution in [3.63, 3.8) is 0 Å². The summed E-state index contributed by atoms with van der Waals surface area (Å²) in [6, 6.07) is -0.713. The Balaban J connectivity index is 4.66. The fourth-order valence-corrected chi connectivity index (χ4v) is 7.97. The van der Waals surface area contributed by atoms with E-state index < -0.39 is 18.2 Å². The van der Waals surface area contributed by atoms with Gasteiger partial charge in [-0.3, -0.25) is 9.59 Å². The van der Waals surface area contributed by atoms with Crippen LogP contribution in [0.5, 0.6) is 0 Å². The predicted molar refractivity (Wildman–Crippen MR) is 264 cm³/mol. The van der Waals surface area contributed by atoms with Gasteiger partial charge in [-0.1, -0.05) is 249 Å². The zero-order chi connectivity index (χ0) is 44.5. The third-order valence-corrected chi connectivity index (χ3v) is 12.0. The molecule has 0 rings (SSSR count). The highest BCUT2D eigenvalue weighted by Gasteiger charge is 2.24. The van der Waals surface area contributed by atoms with Gasteiger partial charge in [0.15, 0.2) is 0 Å². The summed E-state index contributed by atoms with van der Waals surface area (Å²) < 4.78 is 5.92. The lowest BCUT2D eigenvalue weighted by Gasteiger charge is -2.24. The Labute approximate surface area is 378 Å². The van der Waals surface area contributed by atoms with E-state index in [0.717, 1.165) is 70.6 Å². The van der Waals surface area contributed by atoms with Crippen molar-refractivity contribution in [1.82, 2.24) is 5.32 Å². The molecular formula is C55H101NO5. The molecule has 1 amide bonds. The largest absolute Gasteiger partial charge is 0.462 e. The first-order chi connectivity index (χ1) is 30.0. The molecule has 0 aliphatic heterocycles. The minimum atomic E-state index is -0.797. The third kappa shape index (κ3) is 44.2. The monoisotopic (exact) mass is 856 g/mol. The Kier molecular flexibility index (Phi) is 47.1. The summed E-state index contributed by atoms with van der Waals surface area (Å²) in [7, 11) is 0. The fraction of sp³-hybridized carbons (Fsp3) is 0.818. The number of rotatable bonds is 47. The second-order valence-electron chi connectivity index (χ2n) is 18.0. The highest BCUT2D eigenvalue weighted by molar-refractivity contribution is 5.77. The van der Waals surface area contributed by atoms with Crippen molar-refractivity contribution in [2.45, 2.75) is 283 Å². The molecule has 0 radical (unpaired) electrons. The van der Waals surface area contributed by atoms with E-state index in [2.05, 4.69) is 74.7 Å². The lowest BCUT2D eigenvalue weighted by Crippen LogP contribution is -2.46. The maximum Gasteiger partial charge on any atom is 0.306 e. The van der Waals surface area contributed by atoms with E-state index in [1.54, 1.807) is 0 Å². The van der Waals surface area contributed by atoms with E-state index in [4.69, 9.17) is 4.74 Å². The highest BCUT2D eigenvalue weighted by Crippen LogP contribution is 2.18. The number of ether oxygens (including phenoxy) is 1. The molecule has 3 unspecified atom stereocenters. The van der Waals surface area contributed by atoms with Crippen LogP contribution in [0.4, 0.5) is 0 Å². The summed E-state index contributed by atoms with van der Waals surface area (Å²) in [5, 5.41) is 23.8. The van der Waals surface area contributed by atoms with Crippen LogP contribution in [0.1, 0.15) is 265 Å². The Hall–Kier alpha value is -2.18. The maximum absolute atomic E-state index is 13.2. The van der Waals surface area contributed by atoms with E-state index in [1.807, 2.05) is 0 Å². The van der Waals surface area contributed by atoms with Crippen LogP contribution in [0, 0.1) is 0 Å². The molecule has 61 heavy (non-hydrogen) atoms. The van der Waals surface area contributed by atoms with Crippen molar-refractivity contribution in [3.05, 3.63) is 48.6 Å². The third-order valence-electron chi connectivity index (χ3n) is 12.0. The Morgan fingerprint density at radius 1 is 0.475 bits per heavy atom. The predicted octanol–water partition coefficient (Wildman–Crippen LogP) is 15.8. The number of unbranched alkanes of at least 4 members (excludes halogenated alkanes) is 30. The summed E-state index contributed by atoms with van der Waals surface area (Å²) in [5.41, 5.74) is 0. The lowest BCUT2D eigenvalue weighted by molar-refractivity contribution is -0.151. The van der Waals surface area contributed by atoms with Crippen molar-refractivity contribution in [2.24, 2.45) is 0 Å². The van der Waals surface area contributed by atoms with Crippen LogP contribution in [0.3, 0.4) is 0 Å². The molecule has 3 N–H and O–H groups in total. The van der Waals surface area contributed by atoms with Crippen LogP contribution in [-0.2, 0) is 14.3 Å². The second-order valence-corrected chi connectivity index (χ2v) is 18.0. The Morgan fingerprint density at radius 3 is 1.30 bits per heavy atom. The second kappa shape index (κ2) is 48.8. The number of hydrogen-bond acceptors (Lipinski definition) is 5. The van der Waals surface area contributed by atoms with Gasteiger partial charge in [-0.25, -0.2) is 0 Å². The first-order valence-electron chi connectivity index (χ1n) is 26.4. The standard InChI is InChI=1S/C55H101NO5/c1-4-7-10-13-16-19-22-25-27-28-29-31-34-37-40-43-46-51(61-55(60)48-45-42-39-36-33-30-26-23-20-17-14-11-8-5-2)49-54(59)56-52(50-57)53(58)47-44-41-38-35-32-24-21-18-15-12-9-6-3/h16,19,22,25,27-29,31,51-53,57-58H,4-15,17-18,20-21,23-24,26,30,32-50H2,1-3H3,(H,56,59)/b19-16+,25-22+,28-27+,31-29+. The van der Waals surface area contributed by atoms with Gasteiger partial charge in [-0.05, 0) is 51.4 Å². The maximum atomic E-state index is 13.2. The van der Waals surface area contributed by atoms with E-state index in [9.17, 15) is 19.8 Å². The van der Waals surface area contributed by atoms with Crippen LogP contribution in [-0.4, -0.2) is 46.9 Å². The van der Waals surface area contributed by atoms with Gasteiger partial charge in [0.25, 0.3) is 0 Å². The zero-order valence-electron chi connectivity index (χ0n) is 40.5. The summed E-state index contributed by atoms with van der Waals surface area (Å²) >= 11 is 0. The summed E-state index contributed by atoms with van der Waals surface area (Å²) in [5.74, 6) is -0.504. The number of allylic oxidation sites excluding steroid dienone is 8. The summed E-state index contributed by atoms with van der Waals surface area (Å²) in [6.45, 7) is 6.44. The molecular weight excluding hydrogens is 755 g/mol. The average molecular weight is 856 g/mol. The van der Waals surface area contributed by atoms with Crippen LogP contribution in [0.25, 0.3) is 0 Å². The number of carbonyl (C=O) groups excluding carboxylic acids is 2. The van der Waals surface area contributed by atoms with Gasteiger partial charge in [0.05, 0.1) is 25.2 Å². The van der Waals surface area contributed by atoms with Gasteiger partial charge in [0.2, 0.25) is 5.91 Å². The normalized spacial score (nSPS) is 13.6. The van der Waals surface area contributed by atoms with Crippen LogP contribution in [0.15, 0.2) is 48.6 Å². The molecule has 0 aromatic heterocycles. The van der Waals surface area contributed by atoms with Crippen molar-refractivity contribution in [2.75, 3.05) is 6.61 Å². The number of aliphatic hydroxyl groups excluding tert-OH is 2. The van der Waals surface area contributed by atoms with Crippen molar-refractivity contribution >= 4 is 11.9 Å². The Morgan fingerprint density at radius 2 is 0.836 bits per heavy atom. The van der Waals surface area contributed by atoms with Crippen molar-refractivity contribution in [3.8, 4) is 0 Å². The van der Waals surface area contributed by atoms with Crippen LogP contribution < -0.4 is 5.32 Å². The molecule has 6 nitrogen and oxygen atoms in total. The van der Waals surface area contributed by atoms with E-state index in [-0.39, 0.29) is 24.9 Å². The molecule has 0 aromatic rings. The quantitative estimate of drug-likeness (QED) is 0.0322. The smallest absolute Gasteiger partial charge is 0.306 e. The number of aliphatic hydroxyl groups is 2. The molecule has 6 heteroatoms. The van der Waals surface area contributed by atoms with Gasteiger partial charge in [0, 0.05) is 6.42 Å². The molecule has 0 heterocycles. The summed E-state index contributed by atoms with van der Waals surface area (Å²) in [4.78, 5) is 26.2. The van der Waals surface area contributed by atoms with E-state index >= 15 is 0 Å². The molecule has 0 aliphatic rings. The molecule has 0 saturated heterocycles. The van der Waals surface area contributed by atoms with Gasteiger partial charge in [-0.2, -0.15) is 0 Å². The van der Waals surface area contributed by atoms with Gasteiger partial charge in [-0.15, -0.1) is 0 Å². The average Bonchev–Trinajstić information content (AvgIpc) is 3.25. The van der Waals surface area contributed by atoms with Crippen LogP contribution >= 0.6 is 0 Å². The molecule has 0 bridgehead atoms. The van der Waals surface area contributed by atoms with E-state index in [0.29, 0.717) is 19.3 Å². The molecule has 0 fully saturated rings. The minimum Gasteiger partial charge on any atom is -0.462 e. The molecule has 0 spiro atoms. The van der Waals surface area contributed by atoms with Gasteiger partial charge in [0.1, 0.15) is 6.10 Å². The topological polar surface area (TPSA) is 95.9 Å². The van der Waals surface area contributed by atoms with Gasteiger partial charge >= 0.3 is 5.97 Å². The number of hydrogen-bond donors (Lipinski definition) is 3. The number of amides is 1. The van der Waals surface area contributed by atoms with Crippen molar-refractivity contribution in [1.29, 1.82) is 0 Å². The lowest BCUT2D eigenvalue weighted by atomic mass is 10.0. The molecule has 3 atom stereocenters. The van der Waals surface area contributed by atoms with Crippen LogP contribution in [0.2, 0.25) is 0 Å². The fourth-order valence-electron chi connectivity index (χ4n) is 7.97. The SMILES string of the molecule is CCCCC/C=C/C=C/C=C/C=C/CCCCCC(CC(=O)NC(CO)C(O)CCCCCCCCCCCCCC)OC(=O)CCCCCCCCCCCCCCCC. The zero-order valence-corrected chi connectivity index (χ0v) is 40.5. The number of carbonyl (C=O) groups is 2. The molecule has 0 aliphatic carbocycles. The molecule has 0 aromatic carbocycles. The number of esters is 1. The van der Waals surface area contributed by atoms with E-state index in [1.165, 1.54) is 148 Å². The highest BCUT2D eigenvalue weighted by atomic mass is 16.5. The molecule has 356 valence electrons. The Bertz CT molecular complexity index is 1050.